The van der Waals surface area contributed by atoms with Crippen LogP contribution in [0.3, 0.4) is 0 Å². The third-order valence-electron chi connectivity index (χ3n) is 10.1. The van der Waals surface area contributed by atoms with E-state index in [-0.39, 0.29) is 44.1 Å². The highest BCUT2D eigenvalue weighted by Gasteiger charge is 2.36. The summed E-state index contributed by atoms with van der Waals surface area (Å²) in [5, 5.41) is 37.6. The first-order valence-electron chi connectivity index (χ1n) is 20.9. The number of hydrogen-bond donors (Lipinski definition) is 12. The maximum Gasteiger partial charge on any atom is 0.325 e. The van der Waals surface area contributed by atoms with Gasteiger partial charge in [-0.3, -0.25) is 43.3 Å². The van der Waals surface area contributed by atoms with Crippen molar-refractivity contribution in [3.63, 3.8) is 0 Å². The lowest BCUT2D eigenvalue weighted by atomic mass is 9.96. The van der Waals surface area contributed by atoms with Crippen molar-refractivity contribution in [2.45, 2.75) is 103 Å². The van der Waals surface area contributed by atoms with Crippen LogP contribution in [0.5, 0.6) is 5.75 Å². The Morgan fingerprint density at radius 3 is 1.97 bits per heavy atom. The quantitative estimate of drug-likeness (QED) is 0.0248. The minimum Gasteiger partial charge on any atom is -0.508 e. The SMILES string of the molecule is CC[C@H](C)[C@H](NC(=O)[C@H](Cc1ccc(O)cc1)NC(=O)[C@@H](NC(=O)[C@H](CCCN=C(N)N)NC(=O)CNC)C(C)C)C(=O)N[C@@H](Cc1cnc[nH]1)C(=O)N(C)CC(=O)N[C@@H](C)C(=O)O. The van der Waals surface area contributed by atoms with Crippen LogP contribution in [-0.4, -0.2) is 148 Å². The maximum atomic E-state index is 14.3. The second kappa shape index (κ2) is 26.6. The van der Waals surface area contributed by atoms with Gasteiger partial charge in [0, 0.05) is 38.3 Å². The molecule has 0 unspecified atom stereocenters. The Balaban J connectivity index is 2.43. The third kappa shape index (κ3) is 18.3. The van der Waals surface area contributed by atoms with Gasteiger partial charge in [0.1, 0.15) is 42.0 Å². The minimum absolute atomic E-state index is 0.0418. The van der Waals surface area contributed by atoms with Crippen LogP contribution in [0, 0.1) is 11.8 Å². The summed E-state index contributed by atoms with van der Waals surface area (Å²) in [5.74, 6) is -7.39. The number of aromatic nitrogens is 2. The highest BCUT2D eigenvalue weighted by atomic mass is 16.4. The molecule has 2 aromatic rings. The van der Waals surface area contributed by atoms with Crippen molar-refractivity contribution in [1.82, 2.24) is 52.1 Å². The summed E-state index contributed by atoms with van der Waals surface area (Å²) in [6.07, 6.45) is 3.43. The molecule has 1 aromatic carbocycles. The van der Waals surface area contributed by atoms with Crippen molar-refractivity contribution in [2.24, 2.45) is 28.3 Å². The molecular formula is C41H65N13O10. The van der Waals surface area contributed by atoms with Crippen molar-refractivity contribution >= 4 is 53.3 Å². The highest BCUT2D eigenvalue weighted by Crippen LogP contribution is 2.15. The number of nitrogens with one attached hydrogen (secondary N) is 8. The van der Waals surface area contributed by atoms with Gasteiger partial charge in [-0.15, -0.1) is 0 Å². The van der Waals surface area contributed by atoms with Gasteiger partial charge in [0.15, 0.2) is 5.96 Å². The topological polar surface area (TPSA) is 358 Å². The first-order chi connectivity index (χ1) is 30.2. The number of phenols is 1. The summed E-state index contributed by atoms with van der Waals surface area (Å²) >= 11 is 0. The number of hydrogen-bond acceptors (Lipinski definition) is 12. The van der Waals surface area contributed by atoms with Crippen molar-refractivity contribution < 1.29 is 48.6 Å². The molecule has 0 aliphatic rings. The molecule has 0 saturated carbocycles. The lowest BCUT2D eigenvalue weighted by molar-refractivity contribution is -0.142. The van der Waals surface area contributed by atoms with E-state index in [1.54, 1.807) is 46.9 Å². The molecular weight excluding hydrogens is 835 g/mol. The fourth-order valence-corrected chi connectivity index (χ4v) is 6.25. The number of aromatic hydroxyl groups is 1. The maximum absolute atomic E-state index is 14.3. The van der Waals surface area contributed by atoms with Gasteiger partial charge in [-0.05, 0) is 56.3 Å². The highest BCUT2D eigenvalue weighted by molar-refractivity contribution is 5.97. The molecule has 0 spiro atoms. The summed E-state index contributed by atoms with van der Waals surface area (Å²) < 4.78 is 0. The van der Waals surface area contributed by atoms with Crippen LogP contribution >= 0.6 is 0 Å². The molecule has 0 fully saturated rings. The molecule has 2 rings (SSSR count). The number of likely N-dealkylation sites (N-methyl/N-ethyl adjacent to an activating group) is 2. The number of nitrogens with zero attached hydrogens (tertiary/aromatic N) is 3. The number of carbonyl (C=O) groups excluding carboxylic acids is 7. The van der Waals surface area contributed by atoms with Gasteiger partial charge in [-0.1, -0.05) is 46.2 Å². The molecule has 14 N–H and O–H groups in total. The number of carbonyl (C=O) groups is 8. The lowest BCUT2D eigenvalue weighted by Crippen LogP contribution is -2.61. The summed E-state index contributed by atoms with van der Waals surface area (Å²) in [6.45, 7) is 7.68. The third-order valence-corrected chi connectivity index (χ3v) is 10.1. The molecule has 0 aliphatic heterocycles. The Labute approximate surface area is 372 Å². The molecule has 0 radical (unpaired) electrons. The Morgan fingerprint density at radius 2 is 1.41 bits per heavy atom. The zero-order valence-corrected chi connectivity index (χ0v) is 37.4. The van der Waals surface area contributed by atoms with E-state index in [1.165, 1.54) is 38.6 Å². The van der Waals surface area contributed by atoms with E-state index in [4.69, 9.17) is 11.5 Å². The van der Waals surface area contributed by atoms with E-state index in [0.717, 1.165) is 4.90 Å². The Kier molecular flexibility index (Phi) is 22.2. The van der Waals surface area contributed by atoms with Gasteiger partial charge in [-0.25, -0.2) is 4.98 Å². The number of aromatic amines is 1. The van der Waals surface area contributed by atoms with Crippen molar-refractivity contribution in [3.8, 4) is 5.75 Å². The van der Waals surface area contributed by atoms with E-state index in [9.17, 15) is 48.6 Å². The normalized spacial score (nSPS) is 14.2. The average Bonchev–Trinajstić information content (AvgIpc) is 3.75. The fraction of sp³-hybridized carbons (Fsp3) is 0.561. The number of carboxylic acid groups (broad SMARTS) is 1. The van der Waals surface area contributed by atoms with Crippen LogP contribution in [-0.2, 0) is 51.2 Å². The van der Waals surface area contributed by atoms with Crippen molar-refractivity contribution in [1.29, 1.82) is 0 Å². The van der Waals surface area contributed by atoms with Crippen LogP contribution in [0.15, 0.2) is 41.8 Å². The van der Waals surface area contributed by atoms with E-state index in [2.05, 4.69) is 52.2 Å². The van der Waals surface area contributed by atoms with Crippen LogP contribution in [0.4, 0.5) is 0 Å². The molecule has 0 bridgehead atoms. The summed E-state index contributed by atoms with van der Waals surface area (Å²) in [6, 6.07) is -1.50. The minimum atomic E-state index is -1.35. The Morgan fingerprint density at radius 1 is 0.797 bits per heavy atom. The van der Waals surface area contributed by atoms with Crippen LogP contribution in [0.25, 0.3) is 0 Å². The zero-order chi connectivity index (χ0) is 48.1. The Bertz CT molecular complexity index is 1910. The molecule has 64 heavy (non-hydrogen) atoms. The number of nitrogens with two attached hydrogens (primary N) is 2. The van der Waals surface area contributed by atoms with Gasteiger partial charge >= 0.3 is 5.97 Å². The van der Waals surface area contributed by atoms with E-state index >= 15 is 0 Å². The molecule has 7 amide bonds. The number of carboxylic acids is 1. The molecule has 0 aliphatic carbocycles. The molecule has 23 nitrogen and oxygen atoms in total. The molecule has 23 heteroatoms. The first kappa shape index (κ1) is 53.4. The number of guanidine groups is 1. The van der Waals surface area contributed by atoms with Crippen molar-refractivity contribution in [3.05, 3.63) is 48.0 Å². The summed E-state index contributed by atoms with van der Waals surface area (Å²) in [4.78, 5) is 118. The second-order valence-electron chi connectivity index (χ2n) is 15.8. The molecule has 0 saturated heterocycles. The number of amides is 7. The van der Waals surface area contributed by atoms with Gasteiger partial charge in [0.25, 0.3) is 0 Å². The van der Waals surface area contributed by atoms with E-state index in [0.29, 0.717) is 24.1 Å². The number of rotatable bonds is 27. The predicted octanol–water partition coefficient (Wildman–Crippen LogP) is -2.65. The summed E-state index contributed by atoms with van der Waals surface area (Å²) in [7, 11) is 2.88. The zero-order valence-electron chi connectivity index (χ0n) is 37.4. The molecule has 1 aromatic heterocycles. The van der Waals surface area contributed by atoms with Gasteiger partial charge in [-0.2, -0.15) is 0 Å². The standard InChI is InChI=1S/C41H65N13O10/c1-8-23(4)34(38(61)51-30(17-26-18-45-21-47-26)39(62)54(7)20-32(57)48-24(5)40(63)64)53-36(59)29(16-25-11-13-27(55)14-12-25)50-37(60)33(22(2)3)52-35(58)28(49-31(56)19-44-6)10-9-15-46-41(42)43/h11-14,18,21-24,28-30,33-34,44,55H,8-10,15-17,19-20H2,1-7H3,(H,45,47)(H,48,57)(H,49,56)(H,50,60)(H,51,61)(H,52,58)(H,53,59)(H,63,64)(H4,42,43,46)/t23-,24-,28-,29-,30-,33-,34-/m0/s1. The second-order valence-corrected chi connectivity index (χ2v) is 15.8. The van der Waals surface area contributed by atoms with Gasteiger partial charge in [0.05, 0.1) is 19.4 Å². The smallest absolute Gasteiger partial charge is 0.325 e. The molecule has 1 heterocycles. The number of aliphatic imine (C=N–C) groups is 1. The van der Waals surface area contributed by atoms with E-state index < -0.39 is 102 Å². The fourth-order valence-electron chi connectivity index (χ4n) is 6.25. The van der Waals surface area contributed by atoms with Crippen LogP contribution in [0.2, 0.25) is 0 Å². The van der Waals surface area contributed by atoms with Gasteiger partial charge < -0.3 is 68.8 Å². The lowest BCUT2D eigenvalue weighted by Gasteiger charge is -2.30. The number of phenolic OH excluding ortho intramolecular Hbond substituents is 1. The van der Waals surface area contributed by atoms with Crippen molar-refractivity contribution in [2.75, 3.05) is 33.7 Å². The predicted molar refractivity (Wildman–Crippen MR) is 235 cm³/mol. The average molecular weight is 900 g/mol. The monoisotopic (exact) mass is 899 g/mol. The number of H-pyrrole nitrogens is 1. The first-order valence-corrected chi connectivity index (χ1v) is 20.9. The molecule has 7 atom stereocenters. The summed E-state index contributed by atoms with van der Waals surface area (Å²) in [5.41, 5.74) is 11.8. The van der Waals surface area contributed by atoms with Crippen LogP contribution < -0.4 is 48.7 Å². The largest absolute Gasteiger partial charge is 0.508 e. The number of imidazole rings is 1. The van der Waals surface area contributed by atoms with Gasteiger partial charge in [0.2, 0.25) is 41.4 Å². The number of aliphatic carboxylic acids is 1. The number of benzene rings is 1. The Hall–Kier alpha value is -6.78. The van der Waals surface area contributed by atoms with Crippen LogP contribution in [0.1, 0.15) is 65.1 Å². The van der Waals surface area contributed by atoms with E-state index in [1.807, 2.05) is 0 Å². The molecule has 354 valence electrons.